The normalized spacial score (nSPS) is 22.3. The number of benzene rings is 1. The van der Waals surface area contributed by atoms with Gasteiger partial charge in [0, 0.05) is 88.9 Å². The lowest BCUT2D eigenvalue weighted by molar-refractivity contribution is -0.671. The number of nitrogens with one attached hydrogen (secondary N) is 1. The molecule has 2 amide bonds. The first kappa shape index (κ1) is 47.9. The Morgan fingerprint density at radius 2 is 1.89 bits per heavy atom. The minimum atomic E-state index is -1.27. The van der Waals surface area contributed by atoms with Crippen molar-refractivity contribution in [2.24, 2.45) is 23.4 Å². The van der Waals surface area contributed by atoms with Crippen LogP contribution in [0.5, 0.6) is 0 Å². The molecule has 0 bridgehead atoms. The number of ether oxygens (including phenoxy) is 2. The van der Waals surface area contributed by atoms with Crippen LogP contribution >= 0.6 is 58.0 Å². The highest BCUT2D eigenvalue weighted by atomic mass is 35.5. The van der Waals surface area contributed by atoms with Crippen LogP contribution in [0.3, 0.4) is 0 Å². The van der Waals surface area contributed by atoms with Crippen LogP contribution in [-0.2, 0) is 35.7 Å². The van der Waals surface area contributed by atoms with E-state index in [1.807, 2.05) is 41.5 Å². The first-order valence-corrected chi connectivity index (χ1v) is 26.0. The van der Waals surface area contributed by atoms with Crippen LogP contribution in [0.2, 0.25) is 5.02 Å². The summed E-state index contributed by atoms with van der Waals surface area (Å²) in [4.78, 5) is 86.3. The van der Waals surface area contributed by atoms with E-state index in [1.54, 1.807) is 11.8 Å². The van der Waals surface area contributed by atoms with Gasteiger partial charge in [-0.15, -0.1) is 23.1 Å². The molecule has 2 aliphatic carbocycles. The van der Waals surface area contributed by atoms with Gasteiger partial charge in [0.2, 0.25) is 17.0 Å². The van der Waals surface area contributed by atoms with Gasteiger partial charge in [0.1, 0.15) is 48.3 Å². The van der Waals surface area contributed by atoms with E-state index in [1.165, 1.54) is 50.5 Å². The molecule has 3 aliphatic heterocycles. The third-order valence-corrected chi connectivity index (χ3v) is 17.0. The summed E-state index contributed by atoms with van der Waals surface area (Å²) in [7, 11) is 1.90. The average molecular weight is 1060 g/mol. The molecule has 4 fully saturated rings. The van der Waals surface area contributed by atoms with E-state index in [0.29, 0.717) is 22.3 Å². The standard InChI is InChI=1S/C44H42ClF2N11O8S4/c1-3-66-53-30(36-52-42(49)70-54-36)37(60)51-31-38(61)58-34(27(18-67-39(31)58)69-43-50-25(17-68-43)20-5-9-55(2)10-6-20)41(63)65-12-4-11-64-40(62)22-15-57(26-14-23(26)46)32-21(35(22)59)13-24(47)33(29(32)45)56-16-28(48)44(19-56)7-8-44/h5-6,9-10,13,15,17,23,26,28,31,39H,3-4,7-8,11-12,14,16,18-19,48H2,1-2H3,(H2-,49,51,52,54,60)/p+1/b53-30+/t23-,26?,28-,31-,39?/m1/s1. The molecule has 2 saturated carbocycles. The number of esters is 2. The highest BCUT2D eigenvalue weighted by Gasteiger charge is 2.56. The molecule has 2 unspecified atom stereocenters. The Morgan fingerprint density at radius 1 is 1.14 bits per heavy atom. The van der Waals surface area contributed by atoms with Crippen LogP contribution in [-0.4, -0.2) is 116 Å². The predicted octanol–water partition coefficient (Wildman–Crippen LogP) is 4.32. The molecule has 366 valence electrons. The highest BCUT2D eigenvalue weighted by Crippen LogP contribution is 2.54. The summed E-state index contributed by atoms with van der Waals surface area (Å²) in [5, 5.41) is 7.53. The zero-order chi connectivity index (χ0) is 49.2. The van der Waals surface area contributed by atoms with Gasteiger partial charge in [-0.2, -0.15) is 9.36 Å². The van der Waals surface area contributed by atoms with Gasteiger partial charge < -0.3 is 40.6 Å². The third-order valence-electron chi connectivity index (χ3n) is 12.6. The minimum absolute atomic E-state index is 0.0277. The molecule has 5 aliphatic rings. The molecule has 5 N–H and O–H groups in total. The van der Waals surface area contributed by atoms with Crippen molar-refractivity contribution in [2.75, 3.05) is 49.3 Å². The SMILES string of the molecule is CCO/N=C(/C(=O)N[C@@H]1C(=O)N2C(C(=O)OCCCOC(=O)c3cn(C4C[C@H]4F)c4c(Cl)c(N5C[C@@H](N)C6(CC6)C5)c(F)cc4c3=O)=C(Sc3nc(-c4cc[n+](C)cc4)cs3)CSC12)c1nsc(N)n1. The first-order valence-electron chi connectivity index (χ1n) is 22.1. The zero-order valence-electron chi connectivity index (χ0n) is 37.3. The minimum Gasteiger partial charge on any atom is -0.462 e. The lowest BCUT2D eigenvalue weighted by Crippen LogP contribution is -2.71. The van der Waals surface area contributed by atoms with Crippen LogP contribution in [0.25, 0.3) is 22.2 Å². The molecule has 5 atom stereocenters. The molecular weight excluding hydrogens is 1010 g/mol. The Bertz CT molecular complexity index is 3090. The van der Waals surface area contributed by atoms with E-state index in [4.69, 9.17) is 42.4 Å². The van der Waals surface area contributed by atoms with Crippen LogP contribution in [0.15, 0.2) is 67.1 Å². The fourth-order valence-corrected chi connectivity index (χ4v) is 13.0. The number of nitrogens with zero attached hydrogens (tertiary/aromatic N) is 8. The number of aromatic nitrogens is 5. The fraction of sp³-hybridized carbons (Fsp3) is 0.409. The Hall–Kier alpha value is -5.73. The van der Waals surface area contributed by atoms with Crippen molar-refractivity contribution in [3.63, 3.8) is 0 Å². The summed E-state index contributed by atoms with van der Waals surface area (Å²) in [5.41, 5.74) is 12.2. The molecule has 19 nitrogen and oxygen atoms in total. The number of thiazole rings is 1. The van der Waals surface area contributed by atoms with E-state index in [0.717, 1.165) is 41.7 Å². The average Bonchev–Trinajstić information content (AvgIpc) is 4.11. The van der Waals surface area contributed by atoms with Crippen LogP contribution < -0.4 is 31.7 Å². The molecule has 7 heterocycles. The first-order chi connectivity index (χ1) is 33.7. The third kappa shape index (κ3) is 8.99. The Kier molecular flexibility index (Phi) is 13.1. The number of alkyl halides is 1. The zero-order valence-corrected chi connectivity index (χ0v) is 41.3. The van der Waals surface area contributed by atoms with Crippen molar-refractivity contribution < 1.29 is 46.8 Å². The van der Waals surface area contributed by atoms with Gasteiger partial charge in [0.25, 0.3) is 11.8 Å². The van der Waals surface area contributed by atoms with E-state index in [-0.39, 0.29) is 93.8 Å². The van der Waals surface area contributed by atoms with Crippen molar-refractivity contribution in [2.45, 2.75) is 66.6 Å². The summed E-state index contributed by atoms with van der Waals surface area (Å²) in [5.74, 6) is -3.90. The number of nitrogen functional groups attached to an aromatic ring is 1. The lowest BCUT2D eigenvalue weighted by Gasteiger charge is -2.49. The number of oxime groups is 1. The molecule has 70 heavy (non-hydrogen) atoms. The Labute approximate surface area is 418 Å². The van der Waals surface area contributed by atoms with Crippen molar-refractivity contribution in [3.05, 3.63) is 85.2 Å². The number of carbonyl (C=O) groups excluding carboxylic acids is 4. The molecular formula is C44H43ClF2N11O8S4+. The maximum absolute atomic E-state index is 15.9. The number of rotatable bonds is 16. The summed E-state index contributed by atoms with van der Waals surface area (Å²) >= 11 is 11.6. The number of anilines is 2. The van der Waals surface area contributed by atoms with Crippen molar-refractivity contribution in [1.82, 2.24) is 29.1 Å². The monoisotopic (exact) mass is 1050 g/mol. The van der Waals surface area contributed by atoms with E-state index in [2.05, 4.69) is 19.8 Å². The molecule has 1 spiro atoms. The highest BCUT2D eigenvalue weighted by molar-refractivity contribution is 8.07. The van der Waals surface area contributed by atoms with Gasteiger partial charge in [0.15, 0.2) is 21.9 Å². The van der Waals surface area contributed by atoms with Gasteiger partial charge in [0.05, 0.1) is 46.6 Å². The number of hydrogen-bond acceptors (Lipinski definition) is 19. The number of pyridine rings is 2. The molecule has 1 aromatic carbocycles. The number of β-lactam (4-membered cyclic amide) rings is 1. The summed E-state index contributed by atoms with van der Waals surface area (Å²) < 4.78 is 49.7. The number of amides is 2. The molecule has 4 aromatic heterocycles. The van der Waals surface area contributed by atoms with Crippen LogP contribution in [0.4, 0.5) is 19.6 Å². The Morgan fingerprint density at radius 3 is 2.56 bits per heavy atom. The van der Waals surface area contributed by atoms with E-state index < -0.39 is 64.2 Å². The van der Waals surface area contributed by atoms with Gasteiger partial charge in [-0.25, -0.2) is 27.9 Å². The second-order valence-corrected chi connectivity index (χ2v) is 21.8. The van der Waals surface area contributed by atoms with Crippen molar-refractivity contribution >= 4 is 109 Å². The molecule has 5 aromatic rings. The maximum atomic E-state index is 15.9. The summed E-state index contributed by atoms with van der Waals surface area (Å²) in [6.07, 6.45) is 5.65. The number of aryl methyl sites for hydroxylation is 1. The second kappa shape index (κ2) is 19.1. The van der Waals surface area contributed by atoms with Gasteiger partial charge >= 0.3 is 11.9 Å². The fourth-order valence-electron chi connectivity index (χ4n) is 8.68. The number of carbonyl (C=O) groups is 4. The topological polar surface area (TPSA) is 243 Å². The maximum Gasteiger partial charge on any atom is 0.355 e. The van der Waals surface area contributed by atoms with Crippen LogP contribution in [0.1, 0.15) is 54.8 Å². The second-order valence-electron chi connectivity index (χ2n) is 17.3. The smallest absolute Gasteiger partial charge is 0.355 e. The van der Waals surface area contributed by atoms with E-state index in [9.17, 15) is 28.4 Å². The van der Waals surface area contributed by atoms with E-state index >= 15 is 4.39 Å². The van der Waals surface area contributed by atoms with Gasteiger partial charge in [-0.1, -0.05) is 28.5 Å². The van der Waals surface area contributed by atoms with Crippen molar-refractivity contribution in [1.29, 1.82) is 0 Å². The number of fused-ring (bicyclic) bond motifs is 2. The predicted molar refractivity (Wildman–Crippen MR) is 259 cm³/mol. The number of thioether (sulfide) groups is 2. The summed E-state index contributed by atoms with van der Waals surface area (Å²) in [6.45, 7) is 2.08. The molecule has 0 radical (unpaired) electrons. The quantitative estimate of drug-likeness (QED) is 0.0311. The molecule has 26 heteroatoms. The lowest BCUT2D eigenvalue weighted by atomic mass is 10.0. The number of hydrogen-bond donors (Lipinski definition) is 3. The number of nitrogens with two attached hydrogens (primary N) is 2. The van der Waals surface area contributed by atoms with Gasteiger partial charge in [-0.05, 0) is 25.8 Å². The number of halogens is 3. The van der Waals surface area contributed by atoms with Crippen LogP contribution in [0, 0.1) is 11.2 Å². The Balaban J connectivity index is 0.839. The molecule has 10 rings (SSSR count). The van der Waals surface area contributed by atoms with Crippen molar-refractivity contribution in [3.8, 4) is 11.3 Å². The molecule has 2 saturated heterocycles. The summed E-state index contributed by atoms with van der Waals surface area (Å²) in [6, 6.07) is 2.89. The largest absolute Gasteiger partial charge is 0.462 e. The van der Waals surface area contributed by atoms with Gasteiger partial charge in [-0.3, -0.25) is 19.3 Å².